The predicted molar refractivity (Wildman–Crippen MR) is 41.0 cm³/mol. The van der Waals surface area contributed by atoms with Crippen molar-refractivity contribution in [3.8, 4) is 0 Å². The van der Waals surface area contributed by atoms with Crippen molar-refractivity contribution in [3.05, 3.63) is 11.1 Å². The Bertz CT molecular complexity index is 154. The lowest BCUT2D eigenvalue weighted by atomic mass is 10.0. The van der Waals surface area contributed by atoms with Crippen LogP contribution in [0.1, 0.15) is 26.7 Å². The Morgan fingerprint density at radius 1 is 1.67 bits per heavy atom. The van der Waals surface area contributed by atoms with Gasteiger partial charge < -0.3 is 0 Å². The summed E-state index contributed by atoms with van der Waals surface area (Å²) in [5.41, 5.74) is 2.95. The predicted octanol–water partition coefficient (Wildman–Crippen LogP) is 2.19. The molecule has 0 saturated carbocycles. The largest absolute Gasteiger partial charge is 0.293 e. The number of allylic oxidation sites excluding steroid dienone is 1. The highest BCUT2D eigenvalue weighted by atomic mass is 14.7. The first-order valence-electron chi connectivity index (χ1n) is 3.53. The van der Waals surface area contributed by atoms with Gasteiger partial charge in [0.15, 0.2) is 0 Å². The van der Waals surface area contributed by atoms with E-state index in [0.717, 1.165) is 6.54 Å². The van der Waals surface area contributed by atoms with Crippen molar-refractivity contribution in [2.45, 2.75) is 26.7 Å². The van der Waals surface area contributed by atoms with Crippen molar-refractivity contribution in [2.24, 2.45) is 4.99 Å². The highest BCUT2D eigenvalue weighted by molar-refractivity contribution is 5.79. The van der Waals surface area contributed by atoms with Crippen LogP contribution in [0, 0.1) is 0 Å². The summed E-state index contributed by atoms with van der Waals surface area (Å²) in [6, 6.07) is 0. The molecule has 0 spiro atoms. The average Bonchev–Trinajstić information content (AvgIpc) is 1.89. The van der Waals surface area contributed by atoms with Crippen molar-refractivity contribution in [1.82, 2.24) is 0 Å². The fourth-order valence-corrected chi connectivity index (χ4v) is 1.15. The summed E-state index contributed by atoms with van der Waals surface area (Å²) in [5.74, 6) is 0. The summed E-state index contributed by atoms with van der Waals surface area (Å²) in [7, 11) is 0. The van der Waals surface area contributed by atoms with E-state index >= 15 is 0 Å². The second-order valence-corrected chi connectivity index (χ2v) is 2.43. The van der Waals surface area contributed by atoms with Gasteiger partial charge in [-0.3, -0.25) is 4.99 Å². The third-order valence-corrected chi connectivity index (χ3v) is 1.81. The van der Waals surface area contributed by atoms with Crippen molar-refractivity contribution in [1.29, 1.82) is 0 Å². The van der Waals surface area contributed by atoms with Crippen LogP contribution in [-0.4, -0.2) is 12.8 Å². The first kappa shape index (κ1) is 6.53. The van der Waals surface area contributed by atoms with Gasteiger partial charge in [0.05, 0.1) is 0 Å². The van der Waals surface area contributed by atoms with Crippen LogP contribution in [0.4, 0.5) is 0 Å². The number of hydrogen-bond acceptors (Lipinski definition) is 1. The molecular formula is C8H13N. The Hall–Kier alpha value is -0.590. The van der Waals surface area contributed by atoms with Crippen LogP contribution in [0.25, 0.3) is 0 Å². The smallest absolute Gasteiger partial charge is 0.0426 e. The van der Waals surface area contributed by atoms with E-state index < -0.39 is 0 Å². The molecule has 0 aliphatic carbocycles. The number of aliphatic imine (C=N–C) groups is 1. The Morgan fingerprint density at radius 3 is 2.89 bits per heavy atom. The molecule has 1 aliphatic heterocycles. The lowest BCUT2D eigenvalue weighted by Gasteiger charge is -2.09. The molecule has 0 unspecified atom stereocenters. The molecular weight excluding hydrogens is 110 g/mol. The molecule has 1 nitrogen and oxygen atoms in total. The Labute approximate surface area is 56.5 Å². The summed E-state index contributed by atoms with van der Waals surface area (Å²) >= 11 is 0. The minimum atomic E-state index is 1.00. The second kappa shape index (κ2) is 2.81. The van der Waals surface area contributed by atoms with Gasteiger partial charge >= 0.3 is 0 Å². The van der Waals surface area contributed by atoms with E-state index in [0.29, 0.717) is 0 Å². The van der Waals surface area contributed by atoms with E-state index in [4.69, 9.17) is 0 Å². The van der Waals surface area contributed by atoms with Gasteiger partial charge in [-0.2, -0.15) is 0 Å². The van der Waals surface area contributed by atoms with E-state index in [2.05, 4.69) is 18.8 Å². The van der Waals surface area contributed by atoms with Crippen molar-refractivity contribution in [2.75, 3.05) is 6.54 Å². The van der Waals surface area contributed by atoms with E-state index in [1.807, 2.05) is 6.21 Å². The minimum Gasteiger partial charge on any atom is -0.293 e. The SMILES string of the molecule is CCC1=C(C)C=NCC1. The zero-order valence-corrected chi connectivity index (χ0v) is 6.15. The molecule has 0 saturated heterocycles. The topological polar surface area (TPSA) is 12.4 Å². The highest BCUT2D eigenvalue weighted by Gasteiger charge is 2.01. The van der Waals surface area contributed by atoms with Gasteiger partial charge in [-0.25, -0.2) is 0 Å². The monoisotopic (exact) mass is 123 g/mol. The normalized spacial score (nSPS) is 18.9. The van der Waals surface area contributed by atoms with Gasteiger partial charge in [0, 0.05) is 12.8 Å². The Morgan fingerprint density at radius 2 is 2.44 bits per heavy atom. The molecule has 9 heavy (non-hydrogen) atoms. The fraction of sp³-hybridized carbons (Fsp3) is 0.625. The highest BCUT2D eigenvalue weighted by Crippen LogP contribution is 2.14. The second-order valence-electron chi connectivity index (χ2n) is 2.43. The lowest BCUT2D eigenvalue weighted by Crippen LogP contribution is -1.98. The van der Waals surface area contributed by atoms with E-state index in [9.17, 15) is 0 Å². The third kappa shape index (κ3) is 1.41. The molecule has 1 heterocycles. The van der Waals surface area contributed by atoms with Crippen LogP contribution in [0.3, 0.4) is 0 Å². The molecule has 1 heteroatoms. The van der Waals surface area contributed by atoms with Crippen molar-refractivity contribution >= 4 is 6.21 Å². The molecule has 1 aliphatic rings. The molecule has 0 bridgehead atoms. The summed E-state index contributed by atoms with van der Waals surface area (Å²) in [6.45, 7) is 5.35. The number of hydrogen-bond donors (Lipinski definition) is 0. The van der Waals surface area contributed by atoms with E-state index in [1.54, 1.807) is 5.57 Å². The third-order valence-electron chi connectivity index (χ3n) is 1.81. The minimum absolute atomic E-state index is 1.00. The summed E-state index contributed by atoms with van der Waals surface area (Å²) in [4.78, 5) is 4.17. The van der Waals surface area contributed by atoms with Crippen LogP contribution < -0.4 is 0 Å². The zero-order valence-electron chi connectivity index (χ0n) is 6.15. The van der Waals surface area contributed by atoms with Gasteiger partial charge in [0.1, 0.15) is 0 Å². The molecule has 0 atom stereocenters. The number of dihydropyridines is 1. The molecule has 50 valence electrons. The fourth-order valence-electron chi connectivity index (χ4n) is 1.15. The van der Waals surface area contributed by atoms with Crippen LogP contribution in [0.15, 0.2) is 16.1 Å². The van der Waals surface area contributed by atoms with Gasteiger partial charge in [-0.15, -0.1) is 0 Å². The van der Waals surface area contributed by atoms with Crippen LogP contribution in [-0.2, 0) is 0 Å². The molecule has 0 aromatic rings. The van der Waals surface area contributed by atoms with Gasteiger partial charge in [0.2, 0.25) is 0 Å². The van der Waals surface area contributed by atoms with Crippen LogP contribution in [0.5, 0.6) is 0 Å². The average molecular weight is 123 g/mol. The summed E-state index contributed by atoms with van der Waals surface area (Å²) < 4.78 is 0. The molecule has 1 rings (SSSR count). The lowest BCUT2D eigenvalue weighted by molar-refractivity contribution is 0.871. The Balaban J connectivity index is 2.72. The van der Waals surface area contributed by atoms with Gasteiger partial charge in [0.25, 0.3) is 0 Å². The molecule has 0 aromatic carbocycles. The maximum absolute atomic E-state index is 4.17. The van der Waals surface area contributed by atoms with Gasteiger partial charge in [-0.1, -0.05) is 12.5 Å². The molecule has 0 aromatic heterocycles. The first-order chi connectivity index (χ1) is 4.34. The number of rotatable bonds is 1. The zero-order chi connectivity index (χ0) is 6.69. The van der Waals surface area contributed by atoms with E-state index in [-0.39, 0.29) is 0 Å². The van der Waals surface area contributed by atoms with Crippen LogP contribution in [0.2, 0.25) is 0 Å². The maximum Gasteiger partial charge on any atom is 0.0426 e. The van der Waals surface area contributed by atoms with Gasteiger partial charge in [-0.05, 0) is 25.3 Å². The van der Waals surface area contributed by atoms with E-state index in [1.165, 1.54) is 18.4 Å². The van der Waals surface area contributed by atoms with Crippen molar-refractivity contribution in [3.63, 3.8) is 0 Å². The number of nitrogens with zero attached hydrogens (tertiary/aromatic N) is 1. The summed E-state index contributed by atoms with van der Waals surface area (Å²) in [5, 5.41) is 0. The molecule has 0 radical (unpaired) electrons. The molecule has 0 N–H and O–H groups in total. The maximum atomic E-state index is 4.17. The molecule has 0 fully saturated rings. The standard InChI is InChI=1S/C8H13N/c1-3-8-4-5-9-6-7(8)2/h6H,3-5H2,1-2H3. The van der Waals surface area contributed by atoms with Crippen LogP contribution >= 0.6 is 0 Å². The summed E-state index contributed by atoms with van der Waals surface area (Å²) in [6.07, 6.45) is 4.36. The Kier molecular flexibility index (Phi) is 2.04. The molecule has 0 amide bonds. The van der Waals surface area contributed by atoms with Crippen molar-refractivity contribution < 1.29 is 0 Å². The first-order valence-corrected chi connectivity index (χ1v) is 3.53. The quantitative estimate of drug-likeness (QED) is 0.507.